The predicted molar refractivity (Wildman–Crippen MR) is 73.5 cm³/mol. The van der Waals surface area contributed by atoms with E-state index in [1.807, 2.05) is 13.8 Å². The van der Waals surface area contributed by atoms with Crippen molar-refractivity contribution in [3.8, 4) is 0 Å². The Morgan fingerprint density at radius 1 is 1.50 bits per heavy atom. The molecule has 0 aliphatic heterocycles. The first-order valence-electron chi connectivity index (χ1n) is 5.40. The van der Waals surface area contributed by atoms with Crippen LogP contribution in [0.15, 0.2) is 16.6 Å². The van der Waals surface area contributed by atoms with E-state index in [1.54, 1.807) is 6.92 Å². The molecule has 0 atom stereocenters. The fraction of sp³-hybridized carbons (Fsp3) is 0.417. The first kappa shape index (κ1) is 15.0. The van der Waals surface area contributed by atoms with Gasteiger partial charge in [0.05, 0.1) is 5.69 Å². The Hall–Kier alpha value is -1.07. The molecule has 1 N–H and O–H groups in total. The third kappa shape index (κ3) is 3.71. The highest BCUT2D eigenvalue weighted by atomic mass is 35.5. The number of carbonyl (C=O) groups is 1. The molecule has 0 saturated carbocycles. The lowest BCUT2D eigenvalue weighted by Gasteiger charge is -2.11. The zero-order valence-corrected chi connectivity index (χ0v) is 12.1. The van der Waals surface area contributed by atoms with Gasteiger partial charge in [0.2, 0.25) is 0 Å². The summed E-state index contributed by atoms with van der Waals surface area (Å²) >= 11 is 6.96. The van der Waals surface area contributed by atoms with Gasteiger partial charge in [-0.3, -0.25) is 0 Å². The van der Waals surface area contributed by atoms with Crippen LogP contribution in [0.4, 0.5) is 0 Å². The zero-order chi connectivity index (χ0) is 13.9. The average molecular weight is 287 g/mol. The van der Waals surface area contributed by atoms with Crippen LogP contribution in [0.1, 0.15) is 41.6 Å². The molecule has 1 heterocycles. The summed E-state index contributed by atoms with van der Waals surface area (Å²) < 4.78 is 0. The van der Waals surface area contributed by atoms with Crippen molar-refractivity contribution in [3.63, 3.8) is 0 Å². The Bertz CT molecular complexity index is 489. The Kier molecular flexibility index (Phi) is 5.16. The molecule has 0 spiro atoms. The van der Waals surface area contributed by atoms with Crippen molar-refractivity contribution in [1.82, 2.24) is 9.97 Å². The van der Waals surface area contributed by atoms with Crippen LogP contribution in [0.3, 0.4) is 0 Å². The SMILES string of the molecule is C=C(Cl)CSc1nc(C(C)C)nc(C)c1C(=O)O. The number of carboxylic acid groups (broad SMARTS) is 1. The second-order valence-corrected chi connectivity index (χ2v) is 5.61. The van der Waals surface area contributed by atoms with Crippen molar-refractivity contribution in [3.05, 3.63) is 28.7 Å². The number of hydrogen-bond donors (Lipinski definition) is 1. The molecule has 1 aromatic heterocycles. The summed E-state index contributed by atoms with van der Waals surface area (Å²) in [5, 5.41) is 10.1. The lowest BCUT2D eigenvalue weighted by atomic mass is 10.2. The summed E-state index contributed by atoms with van der Waals surface area (Å²) in [6.07, 6.45) is 0. The molecule has 0 aliphatic rings. The Morgan fingerprint density at radius 3 is 2.56 bits per heavy atom. The summed E-state index contributed by atoms with van der Waals surface area (Å²) in [7, 11) is 0. The van der Waals surface area contributed by atoms with E-state index in [0.29, 0.717) is 27.3 Å². The molecule has 4 nitrogen and oxygen atoms in total. The molecule has 0 radical (unpaired) electrons. The number of aromatic nitrogens is 2. The van der Waals surface area contributed by atoms with Crippen molar-refractivity contribution < 1.29 is 9.90 Å². The molecular weight excluding hydrogens is 272 g/mol. The summed E-state index contributed by atoms with van der Waals surface area (Å²) in [5.41, 5.74) is 0.617. The fourth-order valence-electron chi connectivity index (χ4n) is 1.32. The number of aryl methyl sites for hydroxylation is 1. The molecule has 1 aromatic rings. The van der Waals surface area contributed by atoms with E-state index < -0.39 is 5.97 Å². The van der Waals surface area contributed by atoms with Gasteiger partial charge in [0, 0.05) is 16.7 Å². The van der Waals surface area contributed by atoms with E-state index in [4.69, 9.17) is 11.6 Å². The molecular formula is C12H15ClN2O2S. The Morgan fingerprint density at radius 2 is 2.11 bits per heavy atom. The minimum Gasteiger partial charge on any atom is -0.478 e. The van der Waals surface area contributed by atoms with E-state index in [2.05, 4.69) is 16.5 Å². The van der Waals surface area contributed by atoms with Gasteiger partial charge in [-0.25, -0.2) is 14.8 Å². The van der Waals surface area contributed by atoms with Crippen molar-refractivity contribution >= 4 is 29.3 Å². The van der Waals surface area contributed by atoms with E-state index in [1.165, 1.54) is 11.8 Å². The van der Waals surface area contributed by atoms with E-state index in [-0.39, 0.29) is 11.5 Å². The molecule has 18 heavy (non-hydrogen) atoms. The second kappa shape index (κ2) is 6.20. The van der Waals surface area contributed by atoms with Crippen molar-refractivity contribution in [2.45, 2.75) is 31.7 Å². The summed E-state index contributed by atoms with van der Waals surface area (Å²) in [4.78, 5) is 19.7. The number of carboxylic acids is 1. The first-order chi connectivity index (χ1) is 8.32. The first-order valence-corrected chi connectivity index (χ1v) is 6.77. The Labute approximate surface area is 115 Å². The predicted octanol–water partition coefficient (Wildman–Crippen LogP) is 3.45. The number of halogens is 1. The van der Waals surface area contributed by atoms with Gasteiger partial charge < -0.3 is 5.11 Å². The molecule has 0 amide bonds. The monoisotopic (exact) mass is 286 g/mol. The maximum Gasteiger partial charge on any atom is 0.340 e. The average Bonchev–Trinajstić information content (AvgIpc) is 2.24. The van der Waals surface area contributed by atoms with E-state index in [9.17, 15) is 9.90 Å². The van der Waals surface area contributed by atoms with Crippen molar-refractivity contribution in [2.75, 3.05) is 5.75 Å². The number of hydrogen-bond acceptors (Lipinski definition) is 4. The minimum atomic E-state index is -1.02. The molecule has 1 rings (SSSR count). The van der Waals surface area contributed by atoms with E-state index in [0.717, 1.165) is 0 Å². The number of thioether (sulfide) groups is 1. The third-order valence-electron chi connectivity index (χ3n) is 2.17. The number of aromatic carboxylic acids is 1. The lowest BCUT2D eigenvalue weighted by Crippen LogP contribution is -2.10. The molecule has 0 unspecified atom stereocenters. The summed E-state index contributed by atoms with van der Waals surface area (Å²) in [6.45, 7) is 9.18. The summed E-state index contributed by atoms with van der Waals surface area (Å²) in [5.74, 6) is 0.186. The highest BCUT2D eigenvalue weighted by Crippen LogP contribution is 2.26. The summed E-state index contributed by atoms with van der Waals surface area (Å²) in [6, 6.07) is 0. The Balaban J connectivity index is 3.24. The van der Waals surface area contributed by atoms with Crippen LogP contribution in [0, 0.1) is 6.92 Å². The van der Waals surface area contributed by atoms with Crippen LogP contribution in [0.25, 0.3) is 0 Å². The fourth-order valence-corrected chi connectivity index (χ4v) is 2.32. The smallest absolute Gasteiger partial charge is 0.340 e. The number of nitrogens with zero attached hydrogens (tertiary/aromatic N) is 2. The van der Waals surface area contributed by atoms with Gasteiger partial charge in [0.25, 0.3) is 0 Å². The quantitative estimate of drug-likeness (QED) is 0.663. The van der Waals surface area contributed by atoms with Crippen LogP contribution in [0.2, 0.25) is 0 Å². The lowest BCUT2D eigenvalue weighted by molar-refractivity contribution is 0.0690. The highest BCUT2D eigenvalue weighted by molar-refractivity contribution is 7.99. The normalized spacial score (nSPS) is 10.7. The maximum atomic E-state index is 11.2. The second-order valence-electron chi connectivity index (χ2n) is 4.11. The van der Waals surface area contributed by atoms with Crippen molar-refractivity contribution in [2.24, 2.45) is 0 Å². The highest BCUT2D eigenvalue weighted by Gasteiger charge is 2.19. The van der Waals surface area contributed by atoms with Gasteiger partial charge in [-0.1, -0.05) is 43.8 Å². The van der Waals surface area contributed by atoms with Gasteiger partial charge in [0.15, 0.2) is 0 Å². The molecule has 0 aliphatic carbocycles. The zero-order valence-electron chi connectivity index (χ0n) is 10.5. The maximum absolute atomic E-state index is 11.2. The van der Waals surface area contributed by atoms with Gasteiger partial charge >= 0.3 is 5.97 Å². The van der Waals surface area contributed by atoms with Gasteiger partial charge in [0.1, 0.15) is 16.4 Å². The molecule has 98 valence electrons. The minimum absolute atomic E-state index is 0.141. The van der Waals surface area contributed by atoms with Crippen LogP contribution >= 0.6 is 23.4 Å². The van der Waals surface area contributed by atoms with Gasteiger partial charge in [-0.05, 0) is 6.92 Å². The topological polar surface area (TPSA) is 63.1 Å². The van der Waals surface area contributed by atoms with Crippen LogP contribution in [-0.4, -0.2) is 26.8 Å². The third-order valence-corrected chi connectivity index (χ3v) is 3.52. The van der Waals surface area contributed by atoms with Crippen LogP contribution < -0.4 is 0 Å². The van der Waals surface area contributed by atoms with Crippen LogP contribution in [-0.2, 0) is 0 Å². The van der Waals surface area contributed by atoms with Gasteiger partial charge in [-0.15, -0.1) is 0 Å². The molecule has 6 heteroatoms. The largest absolute Gasteiger partial charge is 0.478 e. The van der Waals surface area contributed by atoms with Gasteiger partial charge in [-0.2, -0.15) is 0 Å². The molecule has 0 saturated heterocycles. The number of rotatable bonds is 5. The van der Waals surface area contributed by atoms with E-state index >= 15 is 0 Å². The molecule has 0 fully saturated rings. The molecule has 0 bridgehead atoms. The molecule has 0 aromatic carbocycles. The standard InChI is InChI=1S/C12H15ClN2O2S/c1-6(2)10-14-8(4)9(12(16)17)11(15-10)18-5-7(3)13/h6H,3,5H2,1-2,4H3,(H,16,17). The van der Waals surface area contributed by atoms with Crippen LogP contribution in [0.5, 0.6) is 0 Å². The van der Waals surface area contributed by atoms with Crippen molar-refractivity contribution in [1.29, 1.82) is 0 Å².